The Balaban J connectivity index is 1.59. The molecule has 4 rings (SSSR count). The van der Waals surface area contributed by atoms with Crippen molar-refractivity contribution in [1.82, 2.24) is 19.7 Å². The van der Waals surface area contributed by atoms with Crippen molar-refractivity contribution in [3.05, 3.63) is 63.3 Å². The molecule has 5 nitrogen and oxygen atoms in total. The number of H-pyrrole nitrogens is 1. The first-order chi connectivity index (χ1) is 12.1. The first-order valence-corrected chi connectivity index (χ1v) is 9.67. The Morgan fingerprint density at radius 1 is 1.24 bits per heavy atom. The van der Waals surface area contributed by atoms with E-state index in [4.69, 9.17) is 0 Å². The Morgan fingerprint density at radius 2 is 2.12 bits per heavy atom. The van der Waals surface area contributed by atoms with Crippen LogP contribution in [-0.4, -0.2) is 19.7 Å². The Labute approximate surface area is 152 Å². The van der Waals surface area contributed by atoms with Gasteiger partial charge >= 0.3 is 0 Å². The van der Waals surface area contributed by atoms with Gasteiger partial charge in [-0.1, -0.05) is 29.5 Å². The zero-order chi connectivity index (χ0) is 17.4. The van der Waals surface area contributed by atoms with Crippen molar-refractivity contribution in [3.63, 3.8) is 0 Å². The highest BCUT2D eigenvalue weighted by atomic mass is 32.2. The number of benzene rings is 1. The normalized spacial score (nSPS) is 11.3. The summed E-state index contributed by atoms with van der Waals surface area (Å²) in [5.41, 5.74) is 2.88. The van der Waals surface area contributed by atoms with Crippen LogP contribution in [0.25, 0.3) is 21.6 Å². The summed E-state index contributed by atoms with van der Waals surface area (Å²) in [6.07, 6.45) is 0. The zero-order valence-corrected chi connectivity index (χ0v) is 15.4. The number of pyridine rings is 1. The second kappa shape index (κ2) is 6.50. The third-order valence-electron chi connectivity index (χ3n) is 3.97. The molecule has 0 spiro atoms. The van der Waals surface area contributed by atoms with Gasteiger partial charge in [0.25, 0.3) is 0 Å². The number of rotatable bonds is 4. The maximum atomic E-state index is 12.3. The molecule has 4 aromatic rings. The molecule has 126 valence electrons. The Kier molecular flexibility index (Phi) is 4.19. The highest BCUT2D eigenvalue weighted by Crippen LogP contribution is 2.27. The van der Waals surface area contributed by atoms with E-state index in [0.29, 0.717) is 5.75 Å². The minimum atomic E-state index is 0.0466. The largest absolute Gasteiger partial charge is 0.357 e. The van der Waals surface area contributed by atoms with Crippen LogP contribution in [0.1, 0.15) is 11.3 Å². The van der Waals surface area contributed by atoms with Gasteiger partial charge < -0.3 is 9.55 Å². The summed E-state index contributed by atoms with van der Waals surface area (Å²) < 4.78 is 1.99. The third kappa shape index (κ3) is 3.12. The molecule has 0 atom stereocenters. The van der Waals surface area contributed by atoms with E-state index in [1.807, 2.05) is 54.3 Å². The second-order valence-corrected chi connectivity index (χ2v) is 7.73. The minimum absolute atomic E-state index is 0.0466. The third-order valence-corrected chi connectivity index (χ3v) is 5.91. The fourth-order valence-electron chi connectivity index (χ4n) is 2.70. The molecule has 0 saturated heterocycles. The van der Waals surface area contributed by atoms with Gasteiger partial charge in [-0.05, 0) is 30.5 Å². The van der Waals surface area contributed by atoms with Crippen LogP contribution in [0.3, 0.4) is 0 Å². The average Bonchev–Trinajstić information content (AvgIpc) is 3.23. The van der Waals surface area contributed by atoms with Crippen molar-refractivity contribution in [2.24, 2.45) is 7.05 Å². The highest BCUT2D eigenvalue weighted by molar-refractivity contribution is 7.98. The van der Waals surface area contributed by atoms with E-state index >= 15 is 0 Å². The molecule has 1 aromatic carbocycles. The molecule has 0 aliphatic heterocycles. The molecule has 7 heteroatoms. The van der Waals surface area contributed by atoms with Crippen LogP contribution in [0.4, 0.5) is 0 Å². The molecule has 0 bridgehead atoms. The number of aromatic nitrogens is 4. The van der Waals surface area contributed by atoms with Gasteiger partial charge in [-0.2, -0.15) is 0 Å². The molecule has 0 aliphatic rings. The van der Waals surface area contributed by atoms with Crippen LogP contribution >= 0.6 is 23.1 Å². The van der Waals surface area contributed by atoms with E-state index in [9.17, 15) is 4.79 Å². The fraction of sp³-hybridized carbons (Fsp3) is 0.167. The van der Waals surface area contributed by atoms with E-state index in [1.165, 1.54) is 0 Å². The molecule has 1 N–H and O–H groups in total. The molecule has 0 radical (unpaired) electrons. The smallest absolute Gasteiger partial charge is 0.191 e. The fourth-order valence-corrected chi connectivity index (χ4v) is 4.26. The number of nitrogens with zero attached hydrogens (tertiary/aromatic N) is 3. The zero-order valence-electron chi connectivity index (χ0n) is 13.8. The van der Waals surface area contributed by atoms with Gasteiger partial charge in [0.15, 0.2) is 16.4 Å². The van der Waals surface area contributed by atoms with Crippen molar-refractivity contribution in [1.29, 1.82) is 0 Å². The van der Waals surface area contributed by atoms with Crippen LogP contribution in [0, 0.1) is 6.92 Å². The van der Waals surface area contributed by atoms with Crippen molar-refractivity contribution in [3.8, 4) is 10.7 Å². The Morgan fingerprint density at radius 3 is 2.92 bits per heavy atom. The number of thiophene rings is 1. The van der Waals surface area contributed by atoms with Gasteiger partial charge in [0.2, 0.25) is 0 Å². The molecular weight excluding hydrogens is 352 g/mol. The molecule has 25 heavy (non-hydrogen) atoms. The van der Waals surface area contributed by atoms with Gasteiger partial charge in [-0.25, -0.2) is 0 Å². The SMILES string of the molecule is Cc1ccc2[nH]c(CSc3nnc(-c4cccs4)n3C)cc(=O)c2c1. The molecule has 0 fully saturated rings. The highest BCUT2D eigenvalue weighted by Gasteiger charge is 2.12. The van der Waals surface area contributed by atoms with Crippen LogP contribution in [0.15, 0.2) is 51.7 Å². The number of nitrogens with one attached hydrogen (secondary N) is 1. The van der Waals surface area contributed by atoms with E-state index in [-0.39, 0.29) is 5.43 Å². The maximum absolute atomic E-state index is 12.3. The molecule has 3 aromatic heterocycles. The van der Waals surface area contributed by atoms with Gasteiger partial charge in [0.1, 0.15) is 0 Å². The molecule has 3 heterocycles. The van der Waals surface area contributed by atoms with E-state index < -0.39 is 0 Å². The number of hydrogen-bond acceptors (Lipinski definition) is 5. The molecular formula is C18H16N4OS2. The summed E-state index contributed by atoms with van der Waals surface area (Å²) in [7, 11) is 1.96. The van der Waals surface area contributed by atoms with Crippen LogP contribution in [0.5, 0.6) is 0 Å². The standard InChI is InChI=1S/C18H16N4OS2/c1-11-5-6-14-13(8-11)15(23)9-12(19-14)10-25-18-21-20-17(22(18)2)16-4-3-7-24-16/h3-9H,10H2,1-2H3,(H,19,23). The number of aromatic amines is 1. The first kappa shape index (κ1) is 16.1. The average molecular weight is 368 g/mol. The first-order valence-electron chi connectivity index (χ1n) is 7.80. The van der Waals surface area contributed by atoms with Crippen LogP contribution < -0.4 is 5.43 Å². The second-order valence-electron chi connectivity index (χ2n) is 5.84. The van der Waals surface area contributed by atoms with Gasteiger partial charge in [0, 0.05) is 35.5 Å². The van der Waals surface area contributed by atoms with E-state index in [0.717, 1.165) is 38.0 Å². The lowest BCUT2D eigenvalue weighted by molar-refractivity contribution is 0.794. The summed E-state index contributed by atoms with van der Waals surface area (Å²) in [5.74, 6) is 1.50. The number of aryl methyl sites for hydroxylation is 1. The molecule has 0 aliphatic carbocycles. The van der Waals surface area contributed by atoms with Crippen molar-refractivity contribution in [2.45, 2.75) is 17.8 Å². The summed E-state index contributed by atoms with van der Waals surface area (Å²) in [6, 6.07) is 11.6. The van der Waals surface area contributed by atoms with Crippen LogP contribution in [0.2, 0.25) is 0 Å². The minimum Gasteiger partial charge on any atom is -0.357 e. The lowest BCUT2D eigenvalue weighted by Crippen LogP contribution is -2.05. The lowest BCUT2D eigenvalue weighted by atomic mass is 10.1. The Hall–Kier alpha value is -2.38. The summed E-state index contributed by atoms with van der Waals surface area (Å²) >= 11 is 3.20. The number of fused-ring (bicyclic) bond motifs is 1. The topological polar surface area (TPSA) is 63.6 Å². The monoisotopic (exact) mass is 368 g/mol. The summed E-state index contributed by atoms with van der Waals surface area (Å²) in [4.78, 5) is 16.8. The molecule has 0 saturated carbocycles. The van der Waals surface area contributed by atoms with Crippen molar-refractivity contribution in [2.75, 3.05) is 0 Å². The Bertz CT molecular complexity index is 1100. The predicted octanol–water partition coefficient (Wildman–Crippen LogP) is 3.99. The maximum Gasteiger partial charge on any atom is 0.191 e. The number of thioether (sulfide) groups is 1. The van der Waals surface area contributed by atoms with Gasteiger partial charge in [0.05, 0.1) is 4.88 Å². The van der Waals surface area contributed by atoms with E-state index in [2.05, 4.69) is 15.2 Å². The van der Waals surface area contributed by atoms with Gasteiger partial charge in [-0.15, -0.1) is 21.5 Å². The summed E-state index contributed by atoms with van der Waals surface area (Å²) in [5, 5.41) is 12.1. The van der Waals surface area contributed by atoms with Crippen molar-refractivity contribution >= 4 is 34.0 Å². The quantitative estimate of drug-likeness (QED) is 0.553. The molecule has 0 unspecified atom stereocenters. The van der Waals surface area contributed by atoms with Crippen LogP contribution in [-0.2, 0) is 12.8 Å². The number of hydrogen-bond donors (Lipinski definition) is 1. The predicted molar refractivity (Wildman–Crippen MR) is 103 cm³/mol. The van der Waals surface area contributed by atoms with Gasteiger partial charge in [-0.3, -0.25) is 4.79 Å². The summed E-state index contributed by atoms with van der Waals surface area (Å²) in [6.45, 7) is 1.99. The van der Waals surface area contributed by atoms with E-state index in [1.54, 1.807) is 29.2 Å². The lowest BCUT2D eigenvalue weighted by Gasteiger charge is -2.05. The molecule has 0 amide bonds. The van der Waals surface area contributed by atoms with Crippen molar-refractivity contribution < 1.29 is 0 Å².